The number of ether oxygens (including phenoxy) is 3. The number of benzene rings is 1. The summed E-state index contributed by atoms with van der Waals surface area (Å²) in [7, 11) is 0. The topological polar surface area (TPSA) is 164 Å². The average Bonchev–Trinajstić information content (AvgIpc) is 2.87. The number of aldehydes is 1. The summed E-state index contributed by atoms with van der Waals surface area (Å²) in [6, 6.07) is 7.55. The number of azide groups is 1. The average molecular weight is 681 g/mol. The van der Waals surface area contributed by atoms with Crippen molar-refractivity contribution in [1.82, 2.24) is 16.0 Å². The highest BCUT2D eigenvalue weighted by Gasteiger charge is 2.16. The van der Waals surface area contributed by atoms with Gasteiger partial charge in [0, 0.05) is 34.5 Å². The van der Waals surface area contributed by atoms with Crippen molar-refractivity contribution < 1.29 is 28.6 Å². The number of hydrogen-bond donors (Lipinski definition) is 3. The van der Waals surface area contributed by atoms with Crippen molar-refractivity contribution in [3.63, 3.8) is 0 Å². The largest absolute Gasteiger partial charge is 0.434 e. The minimum atomic E-state index is -0.863. The molecule has 1 aromatic rings. The first-order valence-corrected chi connectivity index (χ1v) is 13.3. The maximum Gasteiger partial charge on any atom is 0.408 e. The number of carbonyl (C=O) groups is 3. The molecule has 0 aliphatic carbocycles. The van der Waals surface area contributed by atoms with Gasteiger partial charge in [0.1, 0.15) is 19.2 Å². The molecule has 1 rings (SSSR count). The van der Waals surface area contributed by atoms with Gasteiger partial charge in [0.2, 0.25) is 5.91 Å². The van der Waals surface area contributed by atoms with Crippen LogP contribution in [0.1, 0.15) is 31.1 Å². The summed E-state index contributed by atoms with van der Waals surface area (Å²) in [6.45, 7) is 4.92. The molecule has 0 aliphatic heterocycles. The number of alkyl carbamates (subject to hydrolysis) is 1. The molecule has 3 N–H and O–H groups in total. The molecule has 0 heterocycles. The number of alkyl halides is 1. The van der Waals surface area contributed by atoms with Crippen LogP contribution in [-0.2, 0) is 23.8 Å². The molecule has 198 valence electrons. The quantitative estimate of drug-likeness (QED) is 0.0230. The molecule has 0 aliphatic rings. The number of amides is 2. The van der Waals surface area contributed by atoms with E-state index in [0.717, 1.165) is 10.0 Å². The van der Waals surface area contributed by atoms with Crippen LogP contribution in [0.15, 0.2) is 46.0 Å². The predicted octanol–water partition coefficient (Wildman–Crippen LogP) is 3.87. The van der Waals surface area contributed by atoms with E-state index in [9.17, 15) is 14.4 Å². The van der Waals surface area contributed by atoms with Gasteiger partial charge in [-0.15, -0.1) is 0 Å². The lowest BCUT2D eigenvalue weighted by Gasteiger charge is -2.20. The lowest BCUT2D eigenvalue weighted by atomic mass is 10.2. The van der Waals surface area contributed by atoms with Gasteiger partial charge in [-0.2, -0.15) is 0 Å². The predicted molar refractivity (Wildman–Crippen MR) is 145 cm³/mol. The third-order valence-corrected chi connectivity index (χ3v) is 5.85. The Balaban J connectivity index is 2.38. The van der Waals surface area contributed by atoms with Crippen molar-refractivity contribution in [3.05, 3.63) is 56.9 Å². The van der Waals surface area contributed by atoms with Crippen LogP contribution in [0.25, 0.3) is 10.4 Å². The van der Waals surface area contributed by atoms with Crippen LogP contribution in [0.5, 0.6) is 0 Å². The van der Waals surface area contributed by atoms with Gasteiger partial charge >= 0.3 is 6.09 Å². The van der Waals surface area contributed by atoms with Crippen LogP contribution in [0.4, 0.5) is 4.79 Å². The highest BCUT2D eigenvalue weighted by molar-refractivity contribution is 14.1. The van der Waals surface area contributed by atoms with Gasteiger partial charge in [0.15, 0.2) is 6.29 Å². The summed E-state index contributed by atoms with van der Waals surface area (Å²) >= 11 is 5.51. The number of carbonyl (C=O) groups excluding carboxylic acids is 3. The van der Waals surface area contributed by atoms with E-state index in [0.29, 0.717) is 55.4 Å². The summed E-state index contributed by atoms with van der Waals surface area (Å²) < 4.78 is 18.0. The van der Waals surface area contributed by atoms with Gasteiger partial charge in [-0.05, 0) is 30.0 Å². The van der Waals surface area contributed by atoms with Crippen LogP contribution in [0, 0.1) is 0 Å². The minimum Gasteiger partial charge on any atom is -0.434 e. The highest BCUT2D eigenvalue weighted by Crippen LogP contribution is 2.27. The molecule has 0 aromatic heterocycles. The zero-order valence-electron chi connectivity index (χ0n) is 19.7. The molecule has 2 atom stereocenters. The Morgan fingerprint density at radius 1 is 1.19 bits per heavy atom. The summed E-state index contributed by atoms with van der Waals surface area (Å²) in [4.78, 5) is 36.4. The molecule has 0 bridgehead atoms. The number of rotatable bonds is 19. The van der Waals surface area contributed by atoms with Gasteiger partial charge in [0.25, 0.3) is 0 Å². The summed E-state index contributed by atoms with van der Waals surface area (Å²) in [5.41, 5.74) is 9.78. The van der Waals surface area contributed by atoms with Crippen LogP contribution < -0.4 is 16.0 Å². The van der Waals surface area contributed by atoms with Gasteiger partial charge < -0.3 is 29.6 Å². The molecule has 0 spiro atoms. The van der Waals surface area contributed by atoms with E-state index >= 15 is 0 Å². The summed E-state index contributed by atoms with van der Waals surface area (Å²) in [5.74, 6) is -0.0187. The maximum absolute atomic E-state index is 11.9. The minimum absolute atomic E-state index is 0.0162. The molecule has 0 radical (unpaired) electrons. The Bertz CT molecular complexity index is 902. The first kappa shape index (κ1) is 31.8. The standard InChI is InChI=1S/C22H30BrIN6O6/c1-16(8-11-31)20(29-30-25)28-15-36-22(33)27-10-5-13-35-21(17-6-2-3-7-18(17)23)34-12-4-9-26-19(32)14-24/h2-3,6-7,11,20-21,28H,1,4-5,8-10,12-15H2,(H,26,32)(H,27,33). The number of nitrogens with zero attached hydrogens (tertiary/aromatic N) is 3. The SMILES string of the molecule is C=C(CC=O)C(N=[N+]=[N-])NCOC(=O)NCCCOC(OCCCNC(=O)CI)c1ccccc1Br. The Morgan fingerprint density at radius 2 is 1.86 bits per heavy atom. The van der Waals surface area contributed by atoms with Crippen molar-refractivity contribution in [2.75, 3.05) is 37.5 Å². The Morgan fingerprint density at radius 3 is 2.47 bits per heavy atom. The normalized spacial score (nSPS) is 12.1. The Hall–Kier alpha value is -2.23. The third kappa shape index (κ3) is 13.8. The fraction of sp³-hybridized carbons (Fsp3) is 0.500. The maximum atomic E-state index is 11.9. The van der Waals surface area contributed by atoms with Crippen molar-refractivity contribution in [2.45, 2.75) is 31.7 Å². The molecule has 0 fully saturated rings. The Labute approximate surface area is 231 Å². The lowest BCUT2D eigenvalue weighted by Crippen LogP contribution is -2.35. The monoisotopic (exact) mass is 680 g/mol. The van der Waals surface area contributed by atoms with Gasteiger partial charge in [0.05, 0.1) is 17.6 Å². The van der Waals surface area contributed by atoms with Crippen molar-refractivity contribution >= 4 is 56.8 Å². The van der Waals surface area contributed by atoms with E-state index in [4.69, 9.17) is 19.7 Å². The van der Waals surface area contributed by atoms with Crippen molar-refractivity contribution in [2.24, 2.45) is 5.11 Å². The molecule has 1 aromatic carbocycles. The fourth-order valence-corrected chi connectivity index (χ4v) is 3.40. The van der Waals surface area contributed by atoms with Crippen LogP contribution in [0.3, 0.4) is 0 Å². The molecule has 12 nitrogen and oxygen atoms in total. The van der Waals surface area contributed by atoms with Crippen LogP contribution in [0.2, 0.25) is 0 Å². The van der Waals surface area contributed by atoms with Gasteiger partial charge in [-0.3, -0.25) is 10.1 Å². The van der Waals surface area contributed by atoms with E-state index in [2.05, 4.69) is 48.5 Å². The van der Waals surface area contributed by atoms with E-state index in [-0.39, 0.29) is 19.1 Å². The van der Waals surface area contributed by atoms with Gasteiger partial charge in [-0.1, -0.05) is 68.4 Å². The second kappa shape index (κ2) is 19.9. The summed E-state index contributed by atoms with van der Waals surface area (Å²) in [6.07, 6.45) is -0.365. The molecule has 36 heavy (non-hydrogen) atoms. The smallest absolute Gasteiger partial charge is 0.408 e. The lowest BCUT2D eigenvalue weighted by molar-refractivity contribution is -0.148. The van der Waals surface area contributed by atoms with Gasteiger partial charge in [-0.25, -0.2) is 4.79 Å². The first-order chi connectivity index (χ1) is 17.4. The first-order valence-electron chi connectivity index (χ1n) is 11.0. The summed E-state index contributed by atoms with van der Waals surface area (Å²) in [5, 5.41) is 11.5. The number of nitrogens with one attached hydrogen (secondary N) is 3. The molecule has 2 amide bonds. The Kier molecular flexibility index (Phi) is 17.6. The van der Waals surface area contributed by atoms with Crippen molar-refractivity contribution in [1.29, 1.82) is 0 Å². The van der Waals surface area contributed by atoms with Crippen LogP contribution in [-0.4, -0.2) is 61.9 Å². The number of halogens is 2. The number of hydrogen-bond acceptors (Lipinski definition) is 8. The molecule has 14 heteroatoms. The molecule has 2 unspecified atom stereocenters. The highest BCUT2D eigenvalue weighted by atomic mass is 127. The molecular weight excluding hydrogens is 651 g/mol. The molecule has 0 saturated carbocycles. The fourth-order valence-electron chi connectivity index (χ4n) is 2.66. The zero-order chi connectivity index (χ0) is 26.6. The second-order valence-electron chi connectivity index (χ2n) is 7.13. The second-order valence-corrected chi connectivity index (χ2v) is 8.75. The van der Waals surface area contributed by atoms with E-state index in [1.165, 1.54) is 0 Å². The van der Waals surface area contributed by atoms with E-state index < -0.39 is 18.5 Å². The van der Waals surface area contributed by atoms with Crippen LogP contribution >= 0.6 is 38.5 Å². The van der Waals surface area contributed by atoms with Crippen molar-refractivity contribution in [3.8, 4) is 0 Å². The zero-order valence-corrected chi connectivity index (χ0v) is 23.4. The molecule has 0 saturated heterocycles. The molecular formula is C22H30BrIN6O6. The third-order valence-electron chi connectivity index (χ3n) is 4.43. The van der Waals surface area contributed by atoms with E-state index in [1.807, 2.05) is 46.9 Å². The van der Waals surface area contributed by atoms with E-state index in [1.54, 1.807) is 0 Å².